The summed E-state index contributed by atoms with van der Waals surface area (Å²) < 4.78 is 3.67. The molecule has 0 unspecified atom stereocenters. The van der Waals surface area contributed by atoms with E-state index in [0.29, 0.717) is 17.5 Å². The molecule has 0 radical (unpaired) electrons. The number of nitrogens with one attached hydrogen (secondary N) is 1. The first kappa shape index (κ1) is 17.4. The Hall–Kier alpha value is -2.42. The molecule has 0 spiro atoms. The number of aromatic nitrogens is 6. The molecule has 0 aliphatic heterocycles. The molecule has 3 rings (SSSR count). The Bertz CT molecular complexity index is 893. The molecule has 0 aliphatic carbocycles. The number of thioether (sulfide) groups is 1. The third-order valence-corrected chi connectivity index (χ3v) is 4.50. The van der Waals surface area contributed by atoms with Crippen molar-refractivity contribution in [2.75, 3.05) is 5.75 Å². The van der Waals surface area contributed by atoms with Crippen LogP contribution < -0.4 is 5.32 Å². The Morgan fingerprint density at radius 2 is 1.96 bits per heavy atom. The molecular weight excluding hydrogens is 338 g/mol. The van der Waals surface area contributed by atoms with E-state index in [9.17, 15) is 4.79 Å². The fraction of sp³-hybridized carbons (Fsp3) is 0.438. The zero-order valence-electron chi connectivity index (χ0n) is 14.7. The Morgan fingerprint density at radius 1 is 1.20 bits per heavy atom. The van der Waals surface area contributed by atoms with Gasteiger partial charge in [-0.3, -0.25) is 4.79 Å². The van der Waals surface area contributed by atoms with Crippen molar-refractivity contribution in [3.8, 4) is 0 Å². The minimum atomic E-state index is -0.239. The lowest BCUT2D eigenvalue weighted by Gasteiger charge is -2.20. The molecule has 0 bridgehead atoms. The fourth-order valence-corrected chi connectivity index (χ4v) is 3.09. The van der Waals surface area contributed by atoms with Gasteiger partial charge in [-0.05, 0) is 32.9 Å². The van der Waals surface area contributed by atoms with E-state index in [1.165, 1.54) is 11.8 Å². The average molecular weight is 359 g/mol. The molecule has 9 heteroatoms. The van der Waals surface area contributed by atoms with Crippen molar-refractivity contribution in [3.63, 3.8) is 0 Å². The van der Waals surface area contributed by atoms with E-state index in [1.807, 2.05) is 56.7 Å². The number of carbonyl (C=O) groups excluding carboxylic acids is 1. The van der Waals surface area contributed by atoms with Gasteiger partial charge in [0.25, 0.3) is 0 Å². The molecule has 1 N–H and O–H groups in total. The van der Waals surface area contributed by atoms with Crippen LogP contribution in [0.4, 0.5) is 0 Å². The van der Waals surface area contributed by atoms with Crippen LogP contribution in [0, 0.1) is 0 Å². The van der Waals surface area contributed by atoms with Gasteiger partial charge < -0.3 is 9.88 Å². The van der Waals surface area contributed by atoms with Crippen LogP contribution in [0.25, 0.3) is 11.0 Å². The maximum atomic E-state index is 11.9. The van der Waals surface area contributed by atoms with Gasteiger partial charge in [0.05, 0.1) is 11.3 Å². The lowest BCUT2D eigenvalue weighted by molar-refractivity contribution is -0.119. The van der Waals surface area contributed by atoms with Gasteiger partial charge in [-0.15, -0.1) is 15.3 Å². The first-order chi connectivity index (χ1) is 11.8. The smallest absolute Gasteiger partial charge is 0.230 e. The number of benzene rings is 1. The minimum Gasteiger partial charge on any atom is -0.351 e. The highest BCUT2D eigenvalue weighted by Crippen LogP contribution is 2.17. The Kier molecular flexibility index (Phi) is 4.76. The molecule has 2 heterocycles. The van der Waals surface area contributed by atoms with Gasteiger partial charge in [-0.1, -0.05) is 29.1 Å². The summed E-state index contributed by atoms with van der Waals surface area (Å²) in [6, 6.07) is 7.78. The molecule has 132 valence electrons. The molecular formula is C16H21N7OS. The summed E-state index contributed by atoms with van der Waals surface area (Å²) in [4.78, 5) is 11.9. The van der Waals surface area contributed by atoms with Crippen molar-refractivity contribution in [2.24, 2.45) is 7.05 Å². The first-order valence-electron chi connectivity index (χ1n) is 7.94. The lowest BCUT2D eigenvalue weighted by Crippen LogP contribution is -2.41. The van der Waals surface area contributed by atoms with Crippen molar-refractivity contribution < 1.29 is 4.79 Å². The highest BCUT2D eigenvalue weighted by atomic mass is 32.2. The van der Waals surface area contributed by atoms with Crippen LogP contribution in [0.15, 0.2) is 29.4 Å². The van der Waals surface area contributed by atoms with Gasteiger partial charge in [0.15, 0.2) is 11.0 Å². The van der Waals surface area contributed by atoms with Crippen LogP contribution in [0.2, 0.25) is 0 Å². The van der Waals surface area contributed by atoms with E-state index >= 15 is 0 Å². The second kappa shape index (κ2) is 6.83. The molecule has 0 saturated carbocycles. The minimum absolute atomic E-state index is 0.0238. The normalized spacial score (nSPS) is 11.8. The van der Waals surface area contributed by atoms with E-state index < -0.39 is 0 Å². The van der Waals surface area contributed by atoms with Crippen LogP contribution >= 0.6 is 11.8 Å². The number of carbonyl (C=O) groups is 1. The topological polar surface area (TPSA) is 90.5 Å². The van der Waals surface area contributed by atoms with Gasteiger partial charge in [-0.2, -0.15) is 0 Å². The van der Waals surface area contributed by atoms with Crippen LogP contribution in [0.5, 0.6) is 0 Å². The van der Waals surface area contributed by atoms with Crippen LogP contribution in [-0.4, -0.2) is 47.0 Å². The molecule has 1 amide bonds. The maximum absolute atomic E-state index is 11.9. The Balaban J connectivity index is 1.68. The van der Waals surface area contributed by atoms with Crippen molar-refractivity contribution in [3.05, 3.63) is 30.1 Å². The van der Waals surface area contributed by atoms with E-state index in [0.717, 1.165) is 16.9 Å². The fourth-order valence-electron chi connectivity index (χ4n) is 2.36. The van der Waals surface area contributed by atoms with Crippen LogP contribution in [0.3, 0.4) is 0 Å². The Morgan fingerprint density at radius 3 is 2.72 bits per heavy atom. The molecule has 0 saturated heterocycles. The van der Waals surface area contributed by atoms with E-state index in [-0.39, 0.29) is 11.4 Å². The highest BCUT2D eigenvalue weighted by molar-refractivity contribution is 7.99. The summed E-state index contributed by atoms with van der Waals surface area (Å²) in [5, 5.41) is 20.3. The first-order valence-corrected chi connectivity index (χ1v) is 8.92. The summed E-state index contributed by atoms with van der Waals surface area (Å²) in [5.74, 6) is 1.04. The lowest BCUT2D eigenvalue weighted by atomic mass is 10.1. The number of rotatable bonds is 5. The van der Waals surface area contributed by atoms with Crippen molar-refractivity contribution >= 4 is 28.7 Å². The summed E-state index contributed by atoms with van der Waals surface area (Å²) in [5.41, 5.74) is 1.55. The highest BCUT2D eigenvalue weighted by Gasteiger charge is 2.16. The number of para-hydroxylation sites is 1. The molecule has 1 aromatic carbocycles. The summed E-state index contributed by atoms with van der Waals surface area (Å²) >= 11 is 1.36. The van der Waals surface area contributed by atoms with Crippen LogP contribution in [-0.2, 0) is 18.4 Å². The predicted octanol–water partition coefficient (Wildman–Crippen LogP) is 1.61. The van der Waals surface area contributed by atoms with Gasteiger partial charge >= 0.3 is 0 Å². The van der Waals surface area contributed by atoms with Gasteiger partial charge in [-0.25, -0.2) is 4.68 Å². The summed E-state index contributed by atoms with van der Waals surface area (Å²) in [6.45, 7) is 6.34. The largest absolute Gasteiger partial charge is 0.351 e. The third-order valence-electron chi connectivity index (χ3n) is 3.48. The number of hydrogen-bond donors (Lipinski definition) is 1. The maximum Gasteiger partial charge on any atom is 0.230 e. The molecule has 0 fully saturated rings. The Labute approximate surface area is 150 Å². The molecule has 25 heavy (non-hydrogen) atoms. The molecule has 8 nitrogen and oxygen atoms in total. The predicted molar refractivity (Wildman–Crippen MR) is 96.3 cm³/mol. The van der Waals surface area contributed by atoms with E-state index in [4.69, 9.17) is 0 Å². The summed E-state index contributed by atoms with van der Waals surface area (Å²) in [7, 11) is 1.89. The third kappa shape index (κ3) is 4.16. The van der Waals surface area contributed by atoms with Gasteiger partial charge in [0, 0.05) is 12.6 Å². The molecule has 2 aromatic heterocycles. The zero-order valence-corrected chi connectivity index (χ0v) is 15.5. The van der Waals surface area contributed by atoms with Crippen LogP contribution in [0.1, 0.15) is 26.6 Å². The number of hydrogen-bond acceptors (Lipinski definition) is 6. The van der Waals surface area contributed by atoms with Gasteiger partial charge in [0.2, 0.25) is 5.91 Å². The number of amides is 1. The number of nitrogens with zero attached hydrogens (tertiary/aromatic N) is 6. The average Bonchev–Trinajstić information content (AvgIpc) is 3.09. The second-order valence-corrected chi connectivity index (χ2v) is 7.72. The standard InChI is InChI=1S/C16H21N7OS/c1-16(2,3)17-14(24)10-25-15-20-19-13(22(15)4)9-23-12-8-6-5-7-11(12)18-21-23/h5-8H,9-10H2,1-4H3,(H,17,24). The van der Waals surface area contributed by atoms with Crippen molar-refractivity contribution in [1.82, 2.24) is 35.1 Å². The van der Waals surface area contributed by atoms with E-state index in [1.54, 1.807) is 4.68 Å². The number of fused-ring (bicyclic) bond motifs is 1. The van der Waals surface area contributed by atoms with Crippen molar-refractivity contribution in [2.45, 2.75) is 38.0 Å². The van der Waals surface area contributed by atoms with Crippen molar-refractivity contribution in [1.29, 1.82) is 0 Å². The zero-order chi connectivity index (χ0) is 18.0. The monoisotopic (exact) mass is 359 g/mol. The second-order valence-electron chi connectivity index (χ2n) is 6.78. The molecule has 3 aromatic rings. The molecule has 0 atom stereocenters. The molecule has 0 aliphatic rings. The quantitative estimate of drug-likeness (QED) is 0.696. The van der Waals surface area contributed by atoms with E-state index in [2.05, 4.69) is 25.8 Å². The van der Waals surface area contributed by atoms with Gasteiger partial charge in [0.1, 0.15) is 12.1 Å². The SMILES string of the molecule is Cn1c(Cn2nnc3ccccc32)nnc1SCC(=O)NC(C)(C)C. The summed E-state index contributed by atoms with van der Waals surface area (Å²) in [6.07, 6.45) is 0.